The van der Waals surface area contributed by atoms with Crippen molar-refractivity contribution in [2.45, 2.75) is 43.5 Å². The van der Waals surface area contributed by atoms with Gasteiger partial charge in [0.15, 0.2) is 0 Å². The number of piperidine rings is 1. The molecule has 0 saturated carbocycles. The molecule has 0 aliphatic carbocycles. The molecule has 1 spiro atoms. The first-order chi connectivity index (χ1) is 11.7. The third kappa shape index (κ3) is 3.75. The molecule has 3 N–H and O–H groups in total. The van der Waals surface area contributed by atoms with Gasteiger partial charge in [0, 0.05) is 25.6 Å². The molecule has 0 aromatic heterocycles. The number of carbonyl (C=O) groups is 1. The molecule has 2 fully saturated rings. The lowest BCUT2D eigenvalue weighted by molar-refractivity contribution is -0.221. The van der Waals surface area contributed by atoms with Crippen LogP contribution in [-0.2, 0) is 4.74 Å². The maximum absolute atomic E-state index is 13.6. The summed E-state index contributed by atoms with van der Waals surface area (Å²) < 4.78 is 32.3. The zero-order valence-corrected chi connectivity index (χ0v) is 14.0. The topological polar surface area (TPSA) is 82.0 Å². The monoisotopic (exact) mass is 356 g/mol. The van der Waals surface area contributed by atoms with E-state index in [-0.39, 0.29) is 12.3 Å². The third-order valence-corrected chi connectivity index (χ3v) is 5.08. The largest absolute Gasteiger partial charge is 0.388 e. The molecule has 138 valence electrons. The van der Waals surface area contributed by atoms with E-state index in [1.54, 1.807) is 6.92 Å². The van der Waals surface area contributed by atoms with E-state index in [4.69, 9.17) is 4.74 Å². The zero-order valence-electron chi connectivity index (χ0n) is 14.0. The second-order valence-electron chi connectivity index (χ2n) is 7.09. The summed E-state index contributed by atoms with van der Waals surface area (Å²) in [6.07, 6.45) is 0.383. The Hall–Kier alpha value is -1.77. The molecular weight excluding hydrogens is 334 g/mol. The first-order valence-corrected chi connectivity index (χ1v) is 8.26. The summed E-state index contributed by atoms with van der Waals surface area (Å²) in [5.74, 6) is -1.54. The van der Waals surface area contributed by atoms with Crippen molar-refractivity contribution in [2.75, 3.05) is 25.0 Å². The quantitative estimate of drug-likeness (QED) is 0.717. The van der Waals surface area contributed by atoms with E-state index in [2.05, 4.69) is 5.32 Å². The highest BCUT2D eigenvalue weighted by Gasteiger charge is 2.49. The normalized spacial score (nSPS) is 28.8. The average molecular weight is 356 g/mol. The van der Waals surface area contributed by atoms with Gasteiger partial charge in [-0.1, -0.05) is 0 Å². The van der Waals surface area contributed by atoms with Crippen LogP contribution in [0.1, 0.15) is 26.2 Å². The number of anilines is 1. The molecule has 2 atom stereocenters. The molecule has 2 aliphatic heterocycles. The number of rotatable bonds is 1. The average Bonchev–Trinajstić information content (AvgIpc) is 2.54. The number of likely N-dealkylation sites (tertiary alicyclic amines) is 1. The van der Waals surface area contributed by atoms with Crippen LogP contribution in [0.4, 0.5) is 19.3 Å². The number of ether oxygens (including phenoxy) is 1. The molecule has 2 aliphatic rings. The van der Waals surface area contributed by atoms with Crippen molar-refractivity contribution in [3.05, 3.63) is 29.8 Å². The number of urea groups is 1. The molecule has 1 aromatic carbocycles. The van der Waals surface area contributed by atoms with Gasteiger partial charge in [0.1, 0.15) is 17.7 Å². The second-order valence-corrected chi connectivity index (χ2v) is 7.09. The predicted octanol–water partition coefficient (Wildman–Crippen LogP) is 1.86. The molecule has 1 aromatic rings. The van der Waals surface area contributed by atoms with Crippen molar-refractivity contribution in [3.8, 4) is 0 Å². The van der Waals surface area contributed by atoms with E-state index >= 15 is 0 Å². The Labute approximate surface area is 144 Å². The van der Waals surface area contributed by atoms with E-state index in [0.29, 0.717) is 38.4 Å². The molecule has 0 radical (unpaired) electrons. The van der Waals surface area contributed by atoms with E-state index in [9.17, 15) is 23.8 Å². The van der Waals surface area contributed by atoms with Crippen LogP contribution in [0.5, 0.6) is 0 Å². The maximum Gasteiger partial charge on any atom is 0.321 e. The summed E-state index contributed by atoms with van der Waals surface area (Å²) in [4.78, 5) is 13.8. The van der Waals surface area contributed by atoms with Crippen LogP contribution in [0.3, 0.4) is 0 Å². The first kappa shape index (κ1) is 18.0. The van der Waals surface area contributed by atoms with E-state index in [1.165, 1.54) is 11.0 Å². The highest BCUT2D eigenvalue weighted by Crippen LogP contribution is 2.39. The van der Waals surface area contributed by atoms with Crippen molar-refractivity contribution in [2.24, 2.45) is 0 Å². The molecule has 2 amide bonds. The maximum atomic E-state index is 13.6. The number of benzene rings is 1. The van der Waals surface area contributed by atoms with Crippen molar-refractivity contribution in [3.63, 3.8) is 0 Å². The predicted molar refractivity (Wildman–Crippen MR) is 86.1 cm³/mol. The van der Waals surface area contributed by atoms with Crippen molar-refractivity contribution in [1.82, 2.24) is 4.90 Å². The van der Waals surface area contributed by atoms with Crippen LogP contribution in [0, 0.1) is 11.6 Å². The Morgan fingerprint density at radius 2 is 2.04 bits per heavy atom. The number of halogens is 2. The van der Waals surface area contributed by atoms with Gasteiger partial charge in [-0.05, 0) is 31.9 Å². The number of nitrogens with zero attached hydrogens (tertiary/aromatic N) is 1. The molecule has 25 heavy (non-hydrogen) atoms. The minimum atomic E-state index is -1.22. The van der Waals surface area contributed by atoms with E-state index < -0.39 is 35.0 Å². The van der Waals surface area contributed by atoms with Gasteiger partial charge in [-0.25, -0.2) is 13.6 Å². The van der Waals surface area contributed by atoms with Gasteiger partial charge < -0.3 is 25.2 Å². The molecule has 0 bridgehead atoms. The molecule has 2 saturated heterocycles. The fraction of sp³-hybridized carbons (Fsp3) is 0.588. The number of aliphatic hydroxyl groups is 2. The molecule has 2 heterocycles. The number of amides is 2. The highest BCUT2D eigenvalue weighted by molar-refractivity contribution is 5.89. The summed E-state index contributed by atoms with van der Waals surface area (Å²) in [7, 11) is 0. The van der Waals surface area contributed by atoms with Crippen LogP contribution in [0.15, 0.2) is 18.2 Å². The third-order valence-electron chi connectivity index (χ3n) is 5.08. The van der Waals surface area contributed by atoms with Crippen LogP contribution in [0.25, 0.3) is 0 Å². The van der Waals surface area contributed by atoms with Gasteiger partial charge in [-0.15, -0.1) is 0 Å². The smallest absolute Gasteiger partial charge is 0.321 e. The Balaban J connectivity index is 1.59. The fourth-order valence-corrected chi connectivity index (χ4v) is 3.48. The summed E-state index contributed by atoms with van der Waals surface area (Å²) in [6, 6.07) is 2.50. The molecule has 8 heteroatoms. The molecular formula is C17H22F2N2O4. The number of nitrogens with one attached hydrogen (secondary N) is 1. The summed E-state index contributed by atoms with van der Waals surface area (Å²) in [5, 5.41) is 22.5. The van der Waals surface area contributed by atoms with Crippen molar-refractivity contribution in [1.29, 1.82) is 0 Å². The number of hydrogen-bond acceptors (Lipinski definition) is 4. The number of carbonyl (C=O) groups excluding carboxylic acids is 1. The van der Waals surface area contributed by atoms with Crippen molar-refractivity contribution < 1.29 is 28.5 Å². The Morgan fingerprint density at radius 3 is 2.64 bits per heavy atom. The molecule has 6 nitrogen and oxygen atoms in total. The standard InChI is InChI=1S/C17H22F2N2O4/c1-16(24)10-17(25-9-14(16)22)4-6-21(7-5-17)15(23)20-13-3-2-11(18)8-12(13)19/h2-3,8,14,22,24H,4-7,9-10H2,1H3,(H,20,23)/t14-,16-/m0/s1. The lowest BCUT2D eigenvalue weighted by Crippen LogP contribution is -2.59. The van der Waals surface area contributed by atoms with Crippen LogP contribution in [-0.4, -0.2) is 58.1 Å². The Morgan fingerprint density at radius 1 is 1.36 bits per heavy atom. The zero-order chi connectivity index (χ0) is 18.2. The minimum Gasteiger partial charge on any atom is -0.388 e. The molecule has 3 rings (SSSR count). The van der Waals surface area contributed by atoms with Gasteiger partial charge >= 0.3 is 6.03 Å². The van der Waals surface area contributed by atoms with Crippen LogP contribution in [0.2, 0.25) is 0 Å². The lowest BCUT2D eigenvalue weighted by Gasteiger charge is -2.49. The summed E-state index contributed by atoms with van der Waals surface area (Å²) in [5.41, 5.74) is -1.87. The lowest BCUT2D eigenvalue weighted by atomic mass is 9.77. The number of aliphatic hydroxyl groups excluding tert-OH is 1. The van der Waals surface area contributed by atoms with Crippen LogP contribution < -0.4 is 5.32 Å². The van der Waals surface area contributed by atoms with Gasteiger partial charge in [0.25, 0.3) is 0 Å². The fourth-order valence-electron chi connectivity index (χ4n) is 3.48. The Kier molecular flexibility index (Phi) is 4.70. The van der Waals surface area contributed by atoms with E-state index in [0.717, 1.165) is 6.07 Å². The van der Waals surface area contributed by atoms with Gasteiger partial charge in [-0.2, -0.15) is 0 Å². The summed E-state index contributed by atoms with van der Waals surface area (Å²) in [6.45, 7) is 2.39. The highest BCUT2D eigenvalue weighted by atomic mass is 19.1. The SMILES string of the molecule is C[C@]1(O)CC2(CCN(C(=O)Nc3ccc(F)cc3F)CC2)OC[C@@H]1O. The van der Waals surface area contributed by atoms with Gasteiger partial charge in [-0.3, -0.25) is 0 Å². The first-order valence-electron chi connectivity index (χ1n) is 8.26. The Bertz CT molecular complexity index is 660. The van der Waals surface area contributed by atoms with Crippen LogP contribution >= 0.6 is 0 Å². The van der Waals surface area contributed by atoms with Gasteiger partial charge in [0.05, 0.1) is 23.5 Å². The molecule has 0 unspecified atom stereocenters. The van der Waals surface area contributed by atoms with E-state index in [1.807, 2.05) is 0 Å². The van der Waals surface area contributed by atoms with Crippen molar-refractivity contribution >= 4 is 11.7 Å². The minimum absolute atomic E-state index is 0.0555. The summed E-state index contributed by atoms with van der Waals surface area (Å²) >= 11 is 0. The van der Waals surface area contributed by atoms with Gasteiger partial charge in [0.2, 0.25) is 0 Å². The second kappa shape index (κ2) is 6.51. The number of hydrogen-bond donors (Lipinski definition) is 3.